The molecule has 0 bridgehead atoms. The zero-order chi connectivity index (χ0) is 14.7. The van der Waals surface area contributed by atoms with Gasteiger partial charge in [0.05, 0.1) is 0 Å². The van der Waals surface area contributed by atoms with E-state index in [1.165, 1.54) is 18.6 Å². The van der Waals surface area contributed by atoms with E-state index in [9.17, 15) is 0 Å². The molecular weight excluding hydrogens is 240 g/mol. The highest BCUT2D eigenvalue weighted by molar-refractivity contribution is 5.43. The van der Waals surface area contributed by atoms with Crippen LogP contribution in [0.25, 0.3) is 0 Å². The molecule has 0 amide bonds. The van der Waals surface area contributed by atoms with Gasteiger partial charge in [0.25, 0.3) is 0 Å². The van der Waals surface area contributed by atoms with Crippen molar-refractivity contribution in [1.29, 1.82) is 0 Å². The molecule has 0 atom stereocenters. The van der Waals surface area contributed by atoms with Crippen molar-refractivity contribution in [1.82, 2.24) is 0 Å². The highest BCUT2D eigenvalue weighted by Gasteiger charge is 1.84. The number of nitrogen functional groups attached to an aromatic ring is 2. The Balaban J connectivity index is 0.000000284. The first-order chi connectivity index (χ1) is 8.99. The van der Waals surface area contributed by atoms with E-state index in [1.807, 2.05) is 0 Å². The van der Waals surface area contributed by atoms with Crippen LogP contribution < -0.4 is 11.5 Å². The van der Waals surface area contributed by atoms with Crippen LogP contribution in [0, 0.1) is 0 Å². The van der Waals surface area contributed by atoms with Crippen molar-refractivity contribution in [3.63, 3.8) is 0 Å². The van der Waals surface area contributed by atoms with Crippen molar-refractivity contribution in [2.45, 2.75) is 20.3 Å². The van der Waals surface area contributed by atoms with Crippen molar-refractivity contribution >= 4 is 11.4 Å². The molecule has 0 spiro atoms. The molecule has 0 aliphatic heterocycles. The van der Waals surface area contributed by atoms with Crippen molar-refractivity contribution < 1.29 is 10.2 Å². The van der Waals surface area contributed by atoms with Crippen LogP contribution in [0.4, 0.5) is 11.4 Å². The van der Waals surface area contributed by atoms with Crippen LogP contribution in [0.3, 0.4) is 0 Å². The maximum atomic E-state index is 8.73. The Bertz CT molecular complexity index is 395. The Kier molecular flexibility index (Phi) is 8.45. The maximum absolute atomic E-state index is 8.73. The minimum absolute atomic E-state index is 0.213. The van der Waals surface area contributed by atoms with E-state index in [2.05, 4.69) is 13.8 Å². The third-order valence-corrected chi connectivity index (χ3v) is 1.74. The predicted molar refractivity (Wildman–Crippen MR) is 81.0 cm³/mol. The molecule has 0 fully saturated rings. The molecule has 0 aliphatic rings. The number of rotatable bonds is 0. The number of phenolic OH excluding ortho intramolecular Hbond substituents is 2. The van der Waals surface area contributed by atoms with Crippen LogP contribution in [0.5, 0.6) is 11.5 Å². The molecule has 6 N–H and O–H groups in total. The van der Waals surface area contributed by atoms with E-state index < -0.39 is 0 Å². The van der Waals surface area contributed by atoms with Crippen LogP contribution in [-0.2, 0) is 0 Å². The molecule has 0 aromatic heterocycles. The fourth-order valence-corrected chi connectivity index (χ4v) is 1.05. The van der Waals surface area contributed by atoms with Crippen LogP contribution in [0.15, 0.2) is 48.5 Å². The topological polar surface area (TPSA) is 92.5 Å². The van der Waals surface area contributed by atoms with Gasteiger partial charge in [-0.3, -0.25) is 0 Å². The first-order valence-corrected chi connectivity index (χ1v) is 6.08. The molecule has 0 radical (unpaired) electrons. The molecule has 2 rings (SSSR count). The lowest BCUT2D eigenvalue weighted by Crippen LogP contribution is -1.80. The summed E-state index contributed by atoms with van der Waals surface area (Å²) >= 11 is 0. The monoisotopic (exact) mass is 262 g/mol. The average Bonchev–Trinajstić information content (AvgIpc) is 2.30. The number of anilines is 2. The molecule has 0 unspecified atom stereocenters. The summed E-state index contributed by atoms with van der Waals surface area (Å²) in [5.74, 6) is 0.426. The normalized spacial score (nSPS) is 8.53. The number of phenols is 2. The molecule has 2 aromatic carbocycles. The first-order valence-electron chi connectivity index (χ1n) is 6.08. The molecule has 0 heterocycles. The predicted octanol–water partition coefficient (Wildman–Crippen LogP) is 3.37. The van der Waals surface area contributed by atoms with Gasteiger partial charge in [0.2, 0.25) is 0 Å². The van der Waals surface area contributed by atoms with Crippen molar-refractivity contribution in [2.24, 2.45) is 0 Å². The number of benzene rings is 2. The summed E-state index contributed by atoms with van der Waals surface area (Å²) in [4.78, 5) is 0. The van der Waals surface area contributed by atoms with Crippen LogP contribution in [-0.4, -0.2) is 10.2 Å². The fraction of sp³-hybridized carbons (Fsp3) is 0.200. The second kappa shape index (κ2) is 9.65. The minimum atomic E-state index is 0.213. The largest absolute Gasteiger partial charge is 0.508 e. The molecule has 2 aromatic rings. The fourth-order valence-electron chi connectivity index (χ4n) is 1.05. The van der Waals surface area contributed by atoms with E-state index in [-0.39, 0.29) is 11.5 Å². The second-order valence-electron chi connectivity index (χ2n) is 3.90. The van der Waals surface area contributed by atoms with Crippen LogP contribution in [0.2, 0.25) is 0 Å². The summed E-state index contributed by atoms with van der Waals surface area (Å²) in [6.07, 6.45) is 1.25. The Labute approximate surface area is 114 Å². The molecule has 0 saturated heterocycles. The van der Waals surface area contributed by atoms with Gasteiger partial charge in [0.1, 0.15) is 11.5 Å². The summed E-state index contributed by atoms with van der Waals surface area (Å²) in [6.45, 7) is 4.25. The quantitative estimate of drug-likeness (QED) is 0.548. The third-order valence-electron chi connectivity index (χ3n) is 1.74. The number of nitrogens with two attached hydrogens (primary N) is 2. The molecule has 4 heteroatoms. The van der Waals surface area contributed by atoms with Crippen molar-refractivity contribution in [2.75, 3.05) is 11.5 Å². The molecule has 0 saturated carbocycles. The van der Waals surface area contributed by atoms with Gasteiger partial charge in [0, 0.05) is 23.5 Å². The van der Waals surface area contributed by atoms with Gasteiger partial charge in [0.15, 0.2) is 0 Å². The SMILES string of the molecule is CCC.Nc1cccc(O)c1.Nc1cccc(O)c1. The zero-order valence-electron chi connectivity index (χ0n) is 11.4. The summed E-state index contributed by atoms with van der Waals surface area (Å²) in [7, 11) is 0. The summed E-state index contributed by atoms with van der Waals surface area (Å²) < 4.78 is 0. The Morgan fingerprint density at radius 3 is 1.26 bits per heavy atom. The summed E-state index contributed by atoms with van der Waals surface area (Å²) in [5, 5.41) is 17.5. The minimum Gasteiger partial charge on any atom is -0.508 e. The second-order valence-corrected chi connectivity index (χ2v) is 3.90. The van der Waals surface area contributed by atoms with Gasteiger partial charge in [-0.1, -0.05) is 32.4 Å². The van der Waals surface area contributed by atoms with E-state index >= 15 is 0 Å². The lowest BCUT2D eigenvalue weighted by molar-refractivity contribution is 0.475. The summed E-state index contributed by atoms with van der Waals surface area (Å²) in [6, 6.07) is 13.0. The highest BCUT2D eigenvalue weighted by atomic mass is 16.3. The van der Waals surface area contributed by atoms with E-state index in [1.54, 1.807) is 36.4 Å². The lowest BCUT2D eigenvalue weighted by atomic mass is 10.3. The number of aromatic hydroxyl groups is 2. The maximum Gasteiger partial charge on any atom is 0.117 e. The molecule has 4 nitrogen and oxygen atoms in total. The third kappa shape index (κ3) is 9.35. The average molecular weight is 262 g/mol. The number of hydrogen-bond acceptors (Lipinski definition) is 4. The van der Waals surface area contributed by atoms with E-state index in [0.717, 1.165) is 0 Å². The van der Waals surface area contributed by atoms with Gasteiger partial charge in [-0.15, -0.1) is 0 Å². The van der Waals surface area contributed by atoms with Crippen LogP contribution in [0.1, 0.15) is 20.3 Å². The Hall–Kier alpha value is -2.36. The molecular formula is C15H22N2O2. The van der Waals surface area contributed by atoms with Gasteiger partial charge >= 0.3 is 0 Å². The van der Waals surface area contributed by atoms with Gasteiger partial charge in [-0.05, 0) is 24.3 Å². The van der Waals surface area contributed by atoms with Gasteiger partial charge in [-0.25, -0.2) is 0 Å². The van der Waals surface area contributed by atoms with Crippen LogP contribution >= 0.6 is 0 Å². The Morgan fingerprint density at radius 2 is 1.11 bits per heavy atom. The standard InChI is InChI=1S/2C6H7NO.C3H8/c2*7-5-2-1-3-6(8)4-5;1-3-2/h2*1-4,8H,7H2;3H2,1-2H3. The number of hydrogen-bond donors (Lipinski definition) is 4. The summed E-state index contributed by atoms with van der Waals surface area (Å²) in [5.41, 5.74) is 11.8. The van der Waals surface area contributed by atoms with E-state index in [0.29, 0.717) is 11.4 Å². The van der Waals surface area contributed by atoms with Gasteiger partial charge in [-0.2, -0.15) is 0 Å². The van der Waals surface area contributed by atoms with Crippen molar-refractivity contribution in [3.05, 3.63) is 48.5 Å². The highest BCUT2D eigenvalue weighted by Crippen LogP contribution is 2.11. The first kappa shape index (κ1) is 16.6. The van der Waals surface area contributed by atoms with Crippen molar-refractivity contribution in [3.8, 4) is 11.5 Å². The van der Waals surface area contributed by atoms with E-state index in [4.69, 9.17) is 21.7 Å². The lowest BCUT2D eigenvalue weighted by Gasteiger charge is -1.90. The van der Waals surface area contributed by atoms with Gasteiger partial charge < -0.3 is 21.7 Å². The zero-order valence-corrected chi connectivity index (χ0v) is 11.4. The smallest absolute Gasteiger partial charge is 0.117 e. The molecule has 104 valence electrons. The Morgan fingerprint density at radius 1 is 0.789 bits per heavy atom. The molecule has 0 aliphatic carbocycles. The molecule has 19 heavy (non-hydrogen) atoms.